The van der Waals surface area contributed by atoms with E-state index in [9.17, 15) is 9.18 Å². The SMILES string of the molecule is CCc1ncc(Cc2cncnc2)c(=O)[nH]1.Fc1ccccc1Br. The van der Waals surface area contributed by atoms with Crippen LogP contribution >= 0.6 is 15.9 Å². The van der Waals surface area contributed by atoms with E-state index in [0.717, 1.165) is 12.0 Å². The molecule has 0 saturated carbocycles. The lowest BCUT2D eigenvalue weighted by atomic mass is 10.1. The molecule has 1 aromatic carbocycles. The summed E-state index contributed by atoms with van der Waals surface area (Å²) in [5, 5.41) is 0. The number of benzene rings is 1. The number of aromatic nitrogens is 4. The molecule has 24 heavy (non-hydrogen) atoms. The van der Waals surface area contributed by atoms with Crippen molar-refractivity contribution in [3.8, 4) is 0 Å². The van der Waals surface area contributed by atoms with Crippen LogP contribution in [0.3, 0.4) is 0 Å². The van der Waals surface area contributed by atoms with Crippen molar-refractivity contribution in [2.24, 2.45) is 0 Å². The number of nitrogens with zero attached hydrogens (tertiary/aromatic N) is 3. The summed E-state index contributed by atoms with van der Waals surface area (Å²) in [6.45, 7) is 1.95. The Labute approximate surface area is 147 Å². The predicted octanol–water partition coefficient (Wildman–Crippen LogP) is 3.30. The first-order chi connectivity index (χ1) is 11.6. The lowest BCUT2D eigenvalue weighted by molar-refractivity contribution is 0.621. The van der Waals surface area contributed by atoms with Crippen molar-refractivity contribution < 1.29 is 4.39 Å². The van der Waals surface area contributed by atoms with Crippen LogP contribution in [-0.2, 0) is 12.8 Å². The summed E-state index contributed by atoms with van der Waals surface area (Å²) in [7, 11) is 0. The second-order valence-corrected chi connectivity index (χ2v) is 5.73. The van der Waals surface area contributed by atoms with E-state index < -0.39 is 0 Å². The molecule has 2 heterocycles. The Balaban J connectivity index is 0.000000219. The highest BCUT2D eigenvalue weighted by Gasteiger charge is 2.03. The average molecular weight is 391 g/mol. The Morgan fingerprint density at radius 2 is 1.88 bits per heavy atom. The number of aromatic amines is 1. The molecule has 1 N–H and O–H groups in total. The van der Waals surface area contributed by atoms with Crippen LogP contribution in [0.2, 0.25) is 0 Å². The zero-order valence-electron chi connectivity index (χ0n) is 13.0. The molecule has 0 fully saturated rings. The van der Waals surface area contributed by atoms with Gasteiger partial charge in [0, 0.05) is 37.0 Å². The maximum absolute atomic E-state index is 12.3. The summed E-state index contributed by atoms with van der Waals surface area (Å²) in [6.07, 6.45) is 7.70. The van der Waals surface area contributed by atoms with Gasteiger partial charge in [0.2, 0.25) is 0 Å². The molecule has 124 valence electrons. The molecule has 3 rings (SSSR count). The third-order valence-electron chi connectivity index (χ3n) is 3.09. The van der Waals surface area contributed by atoms with Crippen molar-refractivity contribution in [3.63, 3.8) is 0 Å². The minimum atomic E-state index is -0.215. The largest absolute Gasteiger partial charge is 0.310 e. The van der Waals surface area contributed by atoms with Crippen LogP contribution in [0.25, 0.3) is 0 Å². The molecule has 0 bridgehead atoms. The van der Waals surface area contributed by atoms with Crippen LogP contribution in [0, 0.1) is 5.82 Å². The van der Waals surface area contributed by atoms with E-state index in [1.807, 2.05) is 6.92 Å². The number of H-pyrrole nitrogens is 1. The van der Waals surface area contributed by atoms with E-state index >= 15 is 0 Å². The summed E-state index contributed by atoms with van der Waals surface area (Å²) < 4.78 is 12.8. The molecule has 0 aliphatic heterocycles. The highest BCUT2D eigenvalue weighted by Crippen LogP contribution is 2.12. The summed E-state index contributed by atoms with van der Waals surface area (Å²) in [5.74, 6) is 0.491. The predicted molar refractivity (Wildman–Crippen MR) is 93.2 cm³/mol. The van der Waals surface area contributed by atoms with Crippen LogP contribution in [0.4, 0.5) is 4.39 Å². The molecule has 7 heteroatoms. The minimum Gasteiger partial charge on any atom is -0.310 e. The van der Waals surface area contributed by atoms with Crippen molar-refractivity contribution in [1.29, 1.82) is 0 Å². The molecular formula is C17H16BrFN4O. The van der Waals surface area contributed by atoms with Gasteiger partial charge in [-0.25, -0.2) is 19.3 Å². The highest BCUT2D eigenvalue weighted by molar-refractivity contribution is 9.10. The summed E-state index contributed by atoms with van der Waals surface area (Å²) >= 11 is 3.02. The van der Waals surface area contributed by atoms with Crippen LogP contribution in [0.5, 0.6) is 0 Å². The van der Waals surface area contributed by atoms with Gasteiger partial charge in [-0.1, -0.05) is 19.1 Å². The third-order valence-corrected chi connectivity index (χ3v) is 3.74. The second-order valence-electron chi connectivity index (χ2n) is 4.88. The number of aryl methyl sites for hydroxylation is 1. The van der Waals surface area contributed by atoms with Crippen molar-refractivity contribution in [2.75, 3.05) is 0 Å². The fourth-order valence-corrected chi connectivity index (χ4v) is 2.13. The van der Waals surface area contributed by atoms with Gasteiger partial charge in [0.1, 0.15) is 18.0 Å². The van der Waals surface area contributed by atoms with Gasteiger partial charge in [-0.15, -0.1) is 0 Å². The zero-order valence-corrected chi connectivity index (χ0v) is 14.6. The van der Waals surface area contributed by atoms with E-state index in [1.165, 1.54) is 12.4 Å². The maximum Gasteiger partial charge on any atom is 0.254 e. The van der Waals surface area contributed by atoms with Crippen LogP contribution < -0.4 is 5.56 Å². The second kappa shape index (κ2) is 9.02. The third kappa shape index (κ3) is 5.34. The van der Waals surface area contributed by atoms with E-state index in [-0.39, 0.29) is 11.4 Å². The molecule has 0 aliphatic rings. The van der Waals surface area contributed by atoms with E-state index in [2.05, 4.69) is 35.9 Å². The lowest BCUT2D eigenvalue weighted by Gasteiger charge is -2.01. The highest BCUT2D eigenvalue weighted by atomic mass is 79.9. The van der Waals surface area contributed by atoms with Crippen LogP contribution in [0.1, 0.15) is 23.9 Å². The lowest BCUT2D eigenvalue weighted by Crippen LogP contribution is -2.16. The van der Waals surface area contributed by atoms with Gasteiger partial charge >= 0.3 is 0 Å². The first-order valence-electron chi connectivity index (χ1n) is 7.31. The number of hydrogen-bond acceptors (Lipinski definition) is 4. The average Bonchev–Trinajstić information content (AvgIpc) is 2.61. The normalized spacial score (nSPS) is 9.96. The molecule has 0 spiro atoms. The fourth-order valence-electron chi connectivity index (χ4n) is 1.84. The molecular weight excluding hydrogens is 375 g/mol. The molecule has 0 radical (unpaired) electrons. The van der Waals surface area contributed by atoms with Crippen LogP contribution in [-0.4, -0.2) is 19.9 Å². The van der Waals surface area contributed by atoms with Gasteiger partial charge in [0.25, 0.3) is 5.56 Å². The van der Waals surface area contributed by atoms with E-state index in [0.29, 0.717) is 22.3 Å². The maximum atomic E-state index is 12.3. The molecule has 3 aromatic rings. The number of rotatable bonds is 3. The van der Waals surface area contributed by atoms with E-state index in [1.54, 1.807) is 36.8 Å². The smallest absolute Gasteiger partial charge is 0.254 e. The Bertz CT molecular complexity index is 818. The number of halogens is 2. The summed E-state index contributed by atoms with van der Waals surface area (Å²) in [5.41, 5.74) is 1.45. The monoisotopic (exact) mass is 390 g/mol. The number of hydrogen-bond donors (Lipinski definition) is 1. The Kier molecular flexibility index (Phi) is 6.74. The van der Waals surface area contributed by atoms with Crippen molar-refractivity contribution in [1.82, 2.24) is 19.9 Å². The molecule has 0 unspecified atom stereocenters. The summed E-state index contributed by atoms with van der Waals surface area (Å²) in [6, 6.07) is 6.49. The van der Waals surface area contributed by atoms with Gasteiger partial charge in [0.15, 0.2) is 0 Å². The molecule has 2 aromatic heterocycles. The molecule has 0 amide bonds. The standard InChI is InChI=1S/C11H12N4O.C6H4BrF/c1-2-10-14-6-9(11(16)15-10)3-8-4-12-7-13-5-8;7-5-3-1-2-4-6(5)8/h4-7H,2-3H2,1H3,(H,14,15,16);1-4H. The van der Waals surface area contributed by atoms with Gasteiger partial charge in [-0.05, 0) is 33.6 Å². The van der Waals surface area contributed by atoms with Gasteiger partial charge in [-0.3, -0.25) is 4.79 Å². The van der Waals surface area contributed by atoms with Gasteiger partial charge in [0.05, 0.1) is 4.47 Å². The van der Waals surface area contributed by atoms with Crippen LogP contribution in [0.15, 0.2) is 58.5 Å². The topological polar surface area (TPSA) is 71.5 Å². The molecule has 0 atom stereocenters. The van der Waals surface area contributed by atoms with Crippen molar-refractivity contribution >= 4 is 15.9 Å². The number of nitrogens with one attached hydrogen (secondary N) is 1. The Hall–Kier alpha value is -2.41. The quantitative estimate of drug-likeness (QED) is 0.744. The van der Waals surface area contributed by atoms with E-state index in [4.69, 9.17) is 0 Å². The first kappa shape index (κ1) is 17.9. The van der Waals surface area contributed by atoms with Crippen molar-refractivity contribution in [2.45, 2.75) is 19.8 Å². The minimum absolute atomic E-state index is 0.0873. The van der Waals surface area contributed by atoms with Gasteiger partial charge in [-0.2, -0.15) is 0 Å². The Morgan fingerprint density at radius 3 is 2.42 bits per heavy atom. The Morgan fingerprint density at radius 1 is 1.17 bits per heavy atom. The van der Waals surface area contributed by atoms with Gasteiger partial charge < -0.3 is 4.98 Å². The zero-order chi connectivity index (χ0) is 17.4. The first-order valence-corrected chi connectivity index (χ1v) is 8.10. The molecule has 0 aliphatic carbocycles. The fraction of sp³-hybridized carbons (Fsp3) is 0.176. The van der Waals surface area contributed by atoms with Crippen molar-refractivity contribution in [3.05, 3.63) is 86.8 Å². The molecule has 0 saturated heterocycles. The molecule has 5 nitrogen and oxygen atoms in total. The summed E-state index contributed by atoms with van der Waals surface area (Å²) in [4.78, 5) is 26.4.